The van der Waals surface area contributed by atoms with Crippen LogP contribution in [0.2, 0.25) is 0 Å². The number of hydrogen-bond acceptors (Lipinski definition) is 7. The van der Waals surface area contributed by atoms with Crippen molar-refractivity contribution < 1.29 is 19.1 Å². The molecule has 8 heteroatoms. The number of para-hydroxylation sites is 1. The predicted molar refractivity (Wildman–Crippen MR) is 133 cm³/mol. The second kappa shape index (κ2) is 11.1. The Morgan fingerprint density at radius 1 is 1.09 bits per heavy atom. The number of methoxy groups -OCH3 is 1. The Labute approximate surface area is 203 Å². The van der Waals surface area contributed by atoms with Crippen LogP contribution in [0.15, 0.2) is 88.0 Å². The van der Waals surface area contributed by atoms with Crippen molar-refractivity contribution in [3.63, 3.8) is 0 Å². The van der Waals surface area contributed by atoms with Gasteiger partial charge in [0, 0.05) is 5.70 Å². The predicted octanol–water partition coefficient (Wildman–Crippen LogP) is 4.41. The molecule has 0 aliphatic carbocycles. The van der Waals surface area contributed by atoms with Gasteiger partial charge in [-0.15, -0.1) is 0 Å². The summed E-state index contributed by atoms with van der Waals surface area (Å²) in [4.78, 5) is 32.3. The number of nitrogens with zero attached hydrogens (tertiary/aromatic N) is 2. The Balaban J connectivity index is 1.49. The number of nitrogens with one attached hydrogen (secondary N) is 1. The van der Waals surface area contributed by atoms with Crippen LogP contribution in [-0.2, 0) is 14.3 Å². The zero-order valence-electron chi connectivity index (χ0n) is 19.2. The van der Waals surface area contributed by atoms with Gasteiger partial charge in [0.05, 0.1) is 37.4 Å². The first-order valence-corrected chi connectivity index (χ1v) is 12.0. The number of thioether (sulfide) groups is 1. The summed E-state index contributed by atoms with van der Waals surface area (Å²) >= 11 is 1.46. The number of rotatable bonds is 9. The Hall–Kier alpha value is -3.52. The van der Waals surface area contributed by atoms with E-state index in [9.17, 15) is 9.59 Å². The topological polar surface area (TPSA) is 80.2 Å². The molecule has 176 valence electrons. The fraction of sp³-hybridized carbons (Fsp3) is 0.269. The fourth-order valence-electron chi connectivity index (χ4n) is 3.97. The summed E-state index contributed by atoms with van der Waals surface area (Å²) in [6, 6.07) is 18.8. The number of allylic oxidation sites excluding steroid dienone is 1. The largest absolute Gasteiger partial charge is 0.492 e. The van der Waals surface area contributed by atoms with Crippen molar-refractivity contribution in [2.75, 3.05) is 20.3 Å². The van der Waals surface area contributed by atoms with Crippen LogP contribution in [0, 0.1) is 0 Å². The van der Waals surface area contributed by atoms with Gasteiger partial charge in [0.25, 0.3) is 0 Å². The minimum Gasteiger partial charge on any atom is -0.492 e. The van der Waals surface area contributed by atoms with E-state index >= 15 is 0 Å². The van der Waals surface area contributed by atoms with Gasteiger partial charge in [-0.2, -0.15) is 0 Å². The van der Waals surface area contributed by atoms with Crippen molar-refractivity contribution >= 4 is 28.8 Å². The van der Waals surface area contributed by atoms with Crippen molar-refractivity contribution in [2.45, 2.75) is 25.8 Å². The number of amidine groups is 1. The lowest BCUT2D eigenvalue weighted by molar-refractivity contribution is -0.136. The van der Waals surface area contributed by atoms with Gasteiger partial charge < -0.3 is 19.7 Å². The Bertz CT molecular complexity index is 1130. The van der Waals surface area contributed by atoms with Crippen LogP contribution in [0.25, 0.3) is 0 Å². The first-order chi connectivity index (χ1) is 16.6. The molecule has 0 aromatic heterocycles. The highest BCUT2D eigenvalue weighted by atomic mass is 32.2. The molecule has 2 aliphatic heterocycles. The Kier molecular flexibility index (Phi) is 7.69. The molecule has 1 amide bonds. The van der Waals surface area contributed by atoms with Crippen molar-refractivity contribution in [1.29, 1.82) is 0 Å². The van der Waals surface area contributed by atoms with E-state index in [4.69, 9.17) is 14.5 Å². The number of benzene rings is 2. The molecule has 0 saturated heterocycles. The molecule has 1 unspecified atom stereocenters. The molecule has 0 spiro atoms. The number of carbonyl (C=O) groups excluding carboxylic acids is 2. The molecular weight excluding hydrogens is 450 g/mol. The molecule has 0 bridgehead atoms. The lowest BCUT2D eigenvalue weighted by Gasteiger charge is -2.36. The van der Waals surface area contributed by atoms with Gasteiger partial charge in [-0.25, -0.2) is 9.79 Å². The van der Waals surface area contributed by atoms with Crippen LogP contribution < -0.4 is 10.1 Å². The third-order valence-corrected chi connectivity index (χ3v) is 6.41. The highest BCUT2D eigenvalue weighted by molar-refractivity contribution is 8.16. The second-order valence-electron chi connectivity index (χ2n) is 7.70. The van der Waals surface area contributed by atoms with Crippen molar-refractivity contribution in [3.8, 4) is 5.75 Å². The molecule has 2 aliphatic rings. The van der Waals surface area contributed by atoms with E-state index in [0.717, 1.165) is 22.2 Å². The van der Waals surface area contributed by atoms with Gasteiger partial charge in [0.1, 0.15) is 12.4 Å². The Morgan fingerprint density at radius 3 is 2.47 bits per heavy atom. The SMILES string of the molecule is CCC1=C(C(=O)OC)C(c2ccccc2)N2C(CC(=O)NCCOc3ccccc3)=CSC2=N1. The lowest BCUT2D eigenvalue weighted by atomic mass is 9.93. The molecule has 2 aromatic rings. The highest BCUT2D eigenvalue weighted by Gasteiger charge is 2.41. The van der Waals surface area contributed by atoms with Gasteiger partial charge in [0.2, 0.25) is 5.91 Å². The summed E-state index contributed by atoms with van der Waals surface area (Å²) in [5.41, 5.74) is 2.93. The molecule has 1 atom stereocenters. The third-order valence-electron chi connectivity index (χ3n) is 5.52. The number of ether oxygens (including phenoxy) is 2. The molecule has 2 heterocycles. The van der Waals surface area contributed by atoms with E-state index in [2.05, 4.69) is 5.32 Å². The maximum atomic E-state index is 12.8. The number of amides is 1. The van der Waals surface area contributed by atoms with E-state index in [0.29, 0.717) is 30.8 Å². The van der Waals surface area contributed by atoms with E-state index in [1.54, 1.807) is 0 Å². The zero-order chi connectivity index (χ0) is 23.9. The molecule has 0 fully saturated rings. The molecule has 1 N–H and O–H groups in total. The van der Waals surface area contributed by atoms with Gasteiger partial charge in [-0.1, -0.05) is 67.2 Å². The van der Waals surface area contributed by atoms with E-state index in [1.807, 2.05) is 77.9 Å². The molecule has 2 aromatic carbocycles. The number of esters is 1. The molecule has 4 rings (SSSR count). The van der Waals surface area contributed by atoms with E-state index in [1.165, 1.54) is 18.9 Å². The zero-order valence-corrected chi connectivity index (χ0v) is 20.0. The highest BCUT2D eigenvalue weighted by Crippen LogP contribution is 2.45. The third kappa shape index (κ3) is 5.17. The number of carbonyl (C=O) groups is 2. The van der Waals surface area contributed by atoms with Crippen molar-refractivity contribution in [2.24, 2.45) is 4.99 Å². The van der Waals surface area contributed by atoms with Crippen LogP contribution in [0.5, 0.6) is 5.75 Å². The van der Waals surface area contributed by atoms with E-state index in [-0.39, 0.29) is 12.3 Å². The van der Waals surface area contributed by atoms with Crippen LogP contribution in [0.3, 0.4) is 0 Å². The second-order valence-corrected chi connectivity index (χ2v) is 8.53. The maximum Gasteiger partial charge on any atom is 0.338 e. The molecular formula is C26H27N3O4S. The first-order valence-electron chi connectivity index (χ1n) is 11.2. The van der Waals surface area contributed by atoms with Crippen LogP contribution >= 0.6 is 11.8 Å². The summed E-state index contributed by atoms with van der Waals surface area (Å²) in [5.74, 6) is 0.231. The summed E-state index contributed by atoms with van der Waals surface area (Å²) in [6.07, 6.45) is 0.763. The minimum absolute atomic E-state index is 0.124. The van der Waals surface area contributed by atoms with Gasteiger partial charge in [-0.3, -0.25) is 4.79 Å². The van der Waals surface area contributed by atoms with Gasteiger partial charge >= 0.3 is 5.97 Å². The quantitative estimate of drug-likeness (QED) is 0.426. The summed E-state index contributed by atoms with van der Waals surface area (Å²) < 4.78 is 10.8. The molecule has 7 nitrogen and oxygen atoms in total. The Morgan fingerprint density at radius 2 is 1.79 bits per heavy atom. The van der Waals surface area contributed by atoms with Crippen molar-refractivity contribution in [1.82, 2.24) is 10.2 Å². The average molecular weight is 478 g/mol. The lowest BCUT2D eigenvalue weighted by Crippen LogP contribution is -2.38. The number of hydrogen-bond donors (Lipinski definition) is 1. The normalized spacial score (nSPS) is 17.0. The van der Waals surface area contributed by atoms with Crippen molar-refractivity contribution in [3.05, 3.63) is 88.6 Å². The molecule has 0 saturated carbocycles. The van der Waals surface area contributed by atoms with Gasteiger partial charge in [0.15, 0.2) is 5.17 Å². The van der Waals surface area contributed by atoms with Gasteiger partial charge in [-0.05, 0) is 29.5 Å². The molecule has 0 radical (unpaired) electrons. The maximum absolute atomic E-state index is 12.8. The fourth-order valence-corrected chi connectivity index (χ4v) is 4.90. The number of aliphatic imine (C=N–C) groups is 1. The summed E-state index contributed by atoms with van der Waals surface area (Å²) in [5, 5.41) is 5.60. The minimum atomic E-state index is -0.411. The van der Waals surface area contributed by atoms with Crippen LogP contribution in [0.4, 0.5) is 0 Å². The summed E-state index contributed by atoms with van der Waals surface area (Å²) in [7, 11) is 1.38. The summed E-state index contributed by atoms with van der Waals surface area (Å²) in [6.45, 7) is 2.74. The van der Waals surface area contributed by atoms with Crippen LogP contribution in [-0.4, -0.2) is 42.2 Å². The average Bonchev–Trinajstić information content (AvgIpc) is 3.28. The van der Waals surface area contributed by atoms with E-state index < -0.39 is 12.0 Å². The smallest absolute Gasteiger partial charge is 0.338 e. The monoisotopic (exact) mass is 477 g/mol. The first kappa shape index (κ1) is 23.6. The number of fused-ring (bicyclic) bond motifs is 1. The van der Waals surface area contributed by atoms with Crippen LogP contribution in [0.1, 0.15) is 31.4 Å². The standard InChI is InChI=1S/C26H27N3O4S/c1-3-21-23(25(31)32-2)24(18-10-6-4-7-11-18)29-19(17-34-26(29)28-21)16-22(30)27-14-15-33-20-12-8-5-9-13-20/h4-13,17,24H,3,14-16H2,1-2H3,(H,27,30). The molecule has 34 heavy (non-hydrogen) atoms.